The molecule has 0 saturated carbocycles. The predicted octanol–water partition coefficient (Wildman–Crippen LogP) is 1.29. The molecule has 1 aromatic carbocycles. The second-order valence-electron chi connectivity index (χ2n) is 3.71. The molecule has 0 aromatic heterocycles. The second kappa shape index (κ2) is 5.00. The Hall–Kier alpha value is -1.26. The molecule has 84 valence electrons. The Morgan fingerprint density at radius 2 is 1.73 bits per heavy atom. The fourth-order valence-corrected chi connectivity index (χ4v) is 1.41. The quantitative estimate of drug-likeness (QED) is 0.448. The van der Waals surface area contributed by atoms with Crippen LogP contribution in [0.5, 0.6) is 11.5 Å². The van der Waals surface area contributed by atoms with E-state index in [4.69, 9.17) is 15.3 Å². The smallest absolute Gasteiger partial charge is 0.157 e. The molecular weight excluding hydrogens is 196 g/mol. The largest absolute Gasteiger partial charge is 0.504 e. The molecule has 0 radical (unpaired) electrons. The molecular formula is C11H16O4. The van der Waals surface area contributed by atoms with Crippen molar-refractivity contribution in [3.8, 4) is 11.5 Å². The Morgan fingerprint density at radius 1 is 1.07 bits per heavy atom. The van der Waals surface area contributed by atoms with Gasteiger partial charge in [-0.05, 0) is 36.5 Å². The van der Waals surface area contributed by atoms with Crippen LogP contribution >= 0.6 is 0 Å². The van der Waals surface area contributed by atoms with Gasteiger partial charge in [0.25, 0.3) is 0 Å². The van der Waals surface area contributed by atoms with Crippen LogP contribution in [0.4, 0.5) is 0 Å². The fourth-order valence-electron chi connectivity index (χ4n) is 1.41. The number of hydrogen-bond donors (Lipinski definition) is 4. The van der Waals surface area contributed by atoms with Gasteiger partial charge in [-0.25, -0.2) is 0 Å². The van der Waals surface area contributed by atoms with E-state index in [1.807, 2.05) is 6.92 Å². The molecule has 1 atom stereocenters. The molecule has 0 aliphatic heterocycles. The van der Waals surface area contributed by atoms with Crippen molar-refractivity contribution in [2.24, 2.45) is 0 Å². The molecule has 0 bridgehead atoms. The number of rotatable bonds is 4. The van der Waals surface area contributed by atoms with Gasteiger partial charge in [0.2, 0.25) is 0 Å². The Labute approximate surface area is 88.4 Å². The average Bonchev–Trinajstić information content (AvgIpc) is 2.18. The average molecular weight is 212 g/mol. The number of benzene rings is 1. The molecule has 0 saturated heterocycles. The lowest BCUT2D eigenvalue weighted by Crippen LogP contribution is -2.06. The van der Waals surface area contributed by atoms with E-state index in [2.05, 4.69) is 0 Å². The normalized spacial score (nSPS) is 13.1. The molecule has 0 spiro atoms. The number of hydrogen-bond acceptors (Lipinski definition) is 4. The number of phenolic OH excluding ortho intramolecular Hbond substituents is 2. The van der Waals surface area contributed by atoms with E-state index in [9.17, 15) is 5.11 Å². The maximum atomic E-state index is 9.28. The Bertz CT molecular complexity index is 322. The lowest BCUT2D eigenvalue weighted by Gasteiger charge is -2.13. The summed E-state index contributed by atoms with van der Waals surface area (Å²) in [6.07, 6.45) is -0.386. The third kappa shape index (κ3) is 3.42. The minimum Gasteiger partial charge on any atom is -0.504 e. The van der Waals surface area contributed by atoms with E-state index < -0.39 is 6.29 Å². The number of phenols is 2. The van der Waals surface area contributed by atoms with Crippen molar-refractivity contribution < 1.29 is 20.4 Å². The maximum Gasteiger partial charge on any atom is 0.157 e. The standard InChI is InChI=1S/C11H16O4/c1-7(2-5-11(14)15)8-3-4-9(12)10(13)6-8/h3-4,6-7,11-15H,2,5H2,1H3. The summed E-state index contributed by atoms with van der Waals surface area (Å²) in [6.45, 7) is 1.92. The lowest BCUT2D eigenvalue weighted by molar-refractivity contribution is -0.0471. The zero-order chi connectivity index (χ0) is 11.4. The molecule has 4 N–H and O–H groups in total. The topological polar surface area (TPSA) is 80.9 Å². The first-order valence-corrected chi connectivity index (χ1v) is 4.88. The van der Waals surface area contributed by atoms with Crippen molar-refractivity contribution in [2.45, 2.75) is 32.0 Å². The number of aliphatic hydroxyl groups excluding tert-OH is 1. The van der Waals surface area contributed by atoms with Crippen molar-refractivity contribution in [3.63, 3.8) is 0 Å². The zero-order valence-corrected chi connectivity index (χ0v) is 8.59. The summed E-state index contributed by atoms with van der Waals surface area (Å²) in [5.41, 5.74) is 0.867. The van der Waals surface area contributed by atoms with E-state index in [0.29, 0.717) is 12.8 Å². The number of aromatic hydroxyl groups is 2. The van der Waals surface area contributed by atoms with Crippen LogP contribution in [0.3, 0.4) is 0 Å². The molecule has 0 fully saturated rings. The summed E-state index contributed by atoms with van der Waals surface area (Å²) in [7, 11) is 0. The highest BCUT2D eigenvalue weighted by atomic mass is 16.5. The fraction of sp³-hybridized carbons (Fsp3) is 0.455. The van der Waals surface area contributed by atoms with Gasteiger partial charge in [0, 0.05) is 0 Å². The van der Waals surface area contributed by atoms with Crippen LogP contribution in [0, 0.1) is 0 Å². The lowest BCUT2D eigenvalue weighted by atomic mass is 9.96. The van der Waals surface area contributed by atoms with Gasteiger partial charge in [0.05, 0.1) is 0 Å². The molecule has 1 aromatic rings. The summed E-state index contributed by atoms with van der Waals surface area (Å²) >= 11 is 0. The summed E-state index contributed by atoms with van der Waals surface area (Å²) in [5.74, 6) is -0.185. The van der Waals surface area contributed by atoms with Crippen molar-refractivity contribution in [1.29, 1.82) is 0 Å². The second-order valence-corrected chi connectivity index (χ2v) is 3.71. The molecule has 1 unspecified atom stereocenters. The van der Waals surface area contributed by atoms with Crippen molar-refractivity contribution in [3.05, 3.63) is 23.8 Å². The highest BCUT2D eigenvalue weighted by Crippen LogP contribution is 2.30. The Kier molecular flexibility index (Phi) is 3.94. The van der Waals surface area contributed by atoms with E-state index >= 15 is 0 Å². The van der Waals surface area contributed by atoms with Crippen LogP contribution in [0.15, 0.2) is 18.2 Å². The molecule has 4 nitrogen and oxygen atoms in total. The first-order valence-electron chi connectivity index (χ1n) is 4.88. The molecule has 0 aliphatic carbocycles. The molecule has 0 heterocycles. The predicted molar refractivity (Wildman–Crippen MR) is 55.6 cm³/mol. The molecule has 0 aliphatic rings. The van der Waals surface area contributed by atoms with Gasteiger partial charge < -0.3 is 20.4 Å². The van der Waals surface area contributed by atoms with Crippen molar-refractivity contribution in [1.82, 2.24) is 0 Å². The van der Waals surface area contributed by atoms with Crippen LogP contribution in [0.25, 0.3) is 0 Å². The maximum absolute atomic E-state index is 9.28. The minimum absolute atomic E-state index is 0.110. The molecule has 4 heteroatoms. The first kappa shape index (κ1) is 11.8. The van der Waals surface area contributed by atoms with E-state index in [1.165, 1.54) is 12.1 Å². The summed E-state index contributed by atoms with van der Waals surface area (Å²) in [4.78, 5) is 0. The van der Waals surface area contributed by atoms with Gasteiger partial charge in [0.1, 0.15) is 0 Å². The van der Waals surface area contributed by atoms with Crippen molar-refractivity contribution in [2.75, 3.05) is 0 Å². The van der Waals surface area contributed by atoms with E-state index in [-0.39, 0.29) is 17.4 Å². The highest BCUT2D eigenvalue weighted by molar-refractivity contribution is 5.41. The monoisotopic (exact) mass is 212 g/mol. The molecule has 0 amide bonds. The third-order valence-corrected chi connectivity index (χ3v) is 2.43. The van der Waals surface area contributed by atoms with Crippen LogP contribution in [0.1, 0.15) is 31.2 Å². The summed E-state index contributed by atoms with van der Waals surface area (Å²) in [6, 6.07) is 4.63. The number of aliphatic hydroxyl groups is 2. The van der Waals surface area contributed by atoms with Crippen LogP contribution in [0.2, 0.25) is 0 Å². The van der Waals surface area contributed by atoms with Crippen LogP contribution in [-0.4, -0.2) is 26.7 Å². The van der Waals surface area contributed by atoms with Crippen LogP contribution in [-0.2, 0) is 0 Å². The van der Waals surface area contributed by atoms with Gasteiger partial charge in [-0.2, -0.15) is 0 Å². The molecule has 1 rings (SSSR count). The highest BCUT2D eigenvalue weighted by Gasteiger charge is 2.09. The van der Waals surface area contributed by atoms with Crippen molar-refractivity contribution >= 4 is 0 Å². The van der Waals surface area contributed by atoms with Gasteiger partial charge in [-0.1, -0.05) is 13.0 Å². The Balaban J connectivity index is 2.65. The summed E-state index contributed by atoms with van der Waals surface area (Å²) < 4.78 is 0. The minimum atomic E-state index is -1.29. The SMILES string of the molecule is CC(CCC(O)O)c1ccc(O)c(O)c1. The molecule has 15 heavy (non-hydrogen) atoms. The Morgan fingerprint density at radius 3 is 2.27 bits per heavy atom. The first-order chi connectivity index (χ1) is 7.00. The van der Waals surface area contributed by atoms with Gasteiger partial charge >= 0.3 is 0 Å². The zero-order valence-electron chi connectivity index (χ0n) is 8.59. The van der Waals surface area contributed by atoms with Gasteiger partial charge in [-0.15, -0.1) is 0 Å². The van der Waals surface area contributed by atoms with Gasteiger partial charge in [0.15, 0.2) is 17.8 Å². The summed E-state index contributed by atoms with van der Waals surface area (Å²) in [5, 5.41) is 35.8. The van der Waals surface area contributed by atoms with E-state index in [0.717, 1.165) is 5.56 Å². The van der Waals surface area contributed by atoms with Crippen LogP contribution < -0.4 is 0 Å². The third-order valence-electron chi connectivity index (χ3n) is 2.43. The van der Waals surface area contributed by atoms with E-state index in [1.54, 1.807) is 6.07 Å². The van der Waals surface area contributed by atoms with Gasteiger partial charge in [-0.3, -0.25) is 0 Å².